The normalized spacial score (nSPS) is 22.5. The molecule has 6 nitrogen and oxygen atoms in total. The van der Waals surface area contributed by atoms with E-state index < -0.39 is 17.2 Å². The number of ether oxygens (including phenoxy) is 1. The minimum Gasteiger partial charge on any atom is -0.441 e. The molecular weight excluding hydrogens is 392 g/mol. The zero-order valence-corrected chi connectivity index (χ0v) is 16.9. The van der Waals surface area contributed by atoms with E-state index in [2.05, 4.69) is 9.97 Å². The van der Waals surface area contributed by atoms with Gasteiger partial charge in [0.2, 0.25) is 0 Å². The van der Waals surface area contributed by atoms with Crippen LogP contribution in [0.4, 0.5) is 13.6 Å². The van der Waals surface area contributed by atoms with Crippen LogP contribution in [0.5, 0.6) is 0 Å². The molecule has 4 rings (SSSR count). The summed E-state index contributed by atoms with van der Waals surface area (Å²) in [6.07, 6.45) is 4.67. The highest BCUT2D eigenvalue weighted by molar-refractivity contribution is 5.80. The predicted molar refractivity (Wildman–Crippen MR) is 104 cm³/mol. The first-order valence-corrected chi connectivity index (χ1v) is 10.00. The molecule has 0 aliphatic carbocycles. The fraction of sp³-hybridized carbons (Fsp3) is 0.455. The first-order chi connectivity index (χ1) is 14.2. The lowest BCUT2D eigenvalue weighted by molar-refractivity contribution is -0.119. The van der Waals surface area contributed by atoms with E-state index in [0.717, 1.165) is 18.9 Å². The van der Waals surface area contributed by atoms with Crippen molar-refractivity contribution in [2.24, 2.45) is 5.92 Å². The van der Waals surface area contributed by atoms with Gasteiger partial charge in [-0.3, -0.25) is 14.8 Å². The molecule has 2 fully saturated rings. The number of aromatic nitrogens is 2. The molecule has 2 atom stereocenters. The molecule has 8 heteroatoms. The van der Waals surface area contributed by atoms with E-state index in [0.29, 0.717) is 29.9 Å². The maximum atomic E-state index is 13.4. The van der Waals surface area contributed by atoms with Crippen LogP contribution in [0, 0.1) is 17.6 Å². The fourth-order valence-electron chi connectivity index (χ4n) is 4.35. The SMILES string of the molecule is CC1(C)OC(=O)N2CCC(CC(=O)Cc3cnc(-c4cc(F)cc(F)c4)cn3)CC21. The van der Waals surface area contributed by atoms with Gasteiger partial charge in [-0.15, -0.1) is 0 Å². The molecule has 0 radical (unpaired) electrons. The van der Waals surface area contributed by atoms with E-state index in [1.807, 2.05) is 13.8 Å². The van der Waals surface area contributed by atoms with Crippen molar-refractivity contribution in [2.45, 2.75) is 51.2 Å². The Balaban J connectivity index is 1.36. The summed E-state index contributed by atoms with van der Waals surface area (Å²) >= 11 is 0. The Labute approximate surface area is 173 Å². The molecule has 30 heavy (non-hydrogen) atoms. The Kier molecular flexibility index (Phi) is 5.26. The van der Waals surface area contributed by atoms with Crippen LogP contribution < -0.4 is 0 Å². The van der Waals surface area contributed by atoms with Gasteiger partial charge >= 0.3 is 6.09 Å². The van der Waals surface area contributed by atoms with Gasteiger partial charge in [0, 0.05) is 30.8 Å². The number of nitrogens with zero attached hydrogens (tertiary/aromatic N) is 3. The van der Waals surface area contributed by atoms with Crippen molar-refractivity contribution in [3.63, 3.8) is 0 Å². The summed E-state index contributed by atoms with van der Waals surface area (Å²) in [5.41, 5.74) is 0.597. The highest BCUT2D eigenvalue weighted by atomic mass is 19.1. The molecule has 2 aliphatic heterocycles. The summed E-state index contributed by atoms with van der Waals surface area (Å²) in [5, 5.41) is 0. The van der Waals surface area contributed by atoms with Crippen LogP contribution in [0.3, 0.4) is 0 Å². The number of Topliss-reactive ketones (excluding diaryl/α,β-unsaturated/α-hetero) is 1. The van der Waals surface area contributed by atoms with Crippen molar-refractivity contribution >= 4 is 11.9 Å². The number of ketones is 1. The number of benzene rings is 1. The van der Waals surface area contributed by atoms with Crippen molar-refractivity contribution < 1.29 is 23.1 Å². The molecule has 158 valence electrons. The second-order valence-electron chi connectivity index (χ2n) is 8.54. The lowest BCUT2D eigenvalue weighted by Gasteiger charge is -2.36. The lowest BCUT2D eigenvalue weighted by atomic mass is 9.81. The molecule has 0 bridgehead atoms. The summed E-state index contributed by atoms with van der Waals surface area (Å²) < 4.78 is 32.2. The van der Waals surface area contributed by atoms with Crippen LogP contribution in [-0.2, 0) is 16.0 Å². The zero-order chi connectivity index (χ0) is 21.5. The second-order valence-corrected chi connectivity index (χ2v) is 8.54. The first kappa shape index (κ1) is 20.4. The Bertz CT molecular complexity index is 958. The molecule has 2 saturated heterocycles. The van der Waals surface area contributed by atoms with Gasteiger partial charge in [-0.25, -0.2) is 13.6 Å². The summed E-state index contributed by atoms with van der Waals surface area (Å²) in [5.74, 6) is -1.13. The zero-order valence-electron chi connectivity index (χ0n) is 16.9. The predicted octanol–water partition coefficient (Wildman–Crippen LogP) is 3.93. The van der Waals surface area contributed by atoms with Crippen LogP contribution in [0.1, 0.15) is 38.8 Å². The third-order valence-corrected chi connectivity index (χ3v) is 5.86. The van der Waals surface area contributed by atoms with Crippen molar-refractivity contribution in [1.82, 2.24) is 14.9 Å². The maximum Gasteiger partial charge on any atom is 0.410 e. The van der Waals surface area contributed by atoms with Crippen LogP contribution in [-0.4, -0.2) is 44.9 Å². The largest absolute Gasteiger partial charge is 0.441 e. The van der Waals surface area contributed by atoms with Crippen LogP contribution >= 0.6 is 0 Å². The van der Waals surface area contributed by atoms with Gasteiger partial charge in [-0.2, -0.15) is 0 Å². The number of hydrogen-bond acceptors (Lipinski definition) is 5. The lowest BCUT2D eigenvalue weighted by Crippen LogP contribution is -2.47. The van der Waals surface area contributed by atoms with Crippen molar-refractivity contribution in [1.29, 1.82) is 0 Å². The van der Waals surface area contributed by atoms with Crippen molar-refractivity contribution in [2.75, 3.05) is 6.54 Å². The highest BCUT2D eigenvalue weighted by Crippen LogP contribution is 2.38. The number of carbonyl (C=O) groups is 2. The monoisotopic (exact) mass is 415 g/mol. The van der Waals surface area contributed by atoms with Crippen LogP contribution in [0.2, 0.25) is 0 Å². The van der Waals surface area contributed by atoms with Crippen LogP contribution in [0.15, 0.2) is 30.6 Å². The van der Waals surface area contributed by atoms with E-state index in [4.69, 9.17) is 4.74 Å². The average molecular weight is 415 g/mol. The van der Waals surface area contributed by atoms with Crippen molar-refractivity contribution in [3.8, 4) is 11.3 Å². The number of hydrogen-bond donors (Lipinski definition) is 0. The Morgan fingerprint density at radius 3 is 2.60 bits per heavy atom. The molecule has 2 aromatic rings. The van der Waals surface area contributed by atoms with Gasteiger partial charge in [0.05, 0.1) is 30.0 Å². The highest BCUT2D eigenvalue weighted by Gasteiger charge is 2.50. The Morgan fingerprint density at radius 1 is 1.20 bits per heavy atom. The molecule has 1 amide bonds. The molecule has 1 aromatic carbocycles. The van der Waals surface area contributed by atoms with Gasteiger partial charge < -0.3 is 9.64 Å². The van der Waals surface area contributed by atoms with Gasteiger partial charge in [-0.1, -0.05) is 0 Å². The smallest absolute Gasteiger partial charge is 0.410 e. The third-order valence-electron chi connectivity index (χ3n) is 5.86. The van der Waals surface area contributed by atoms with Crippen molar-refractivity contribution in [3.05, 3.63) is 47.9 Å². The van der Waals surface area contributed by atoms with E-state index in [-0.39, 0.29) is 30.3 Å². The average Bonchev–Trinajstić information content (AvgIpc) is 2.90. The molecule has 3 heterocycles. The topological polar surface area (TPSA) is 72.4 Å². The maximum absolute atomic E-state index is 13.4. The van der Waals surface area contributed by atoms with E-state index in [1.54, 1.807) is 4.90 Å². The van der Waals surface area contributed by atoms with Gasteiger partial charge in [0.25, 0.3) is 0 Å². The Hall–Kier alpha value is -2.90. The summed E-state index contributed by atoms with van der Waals surface area (Å²) in [6, 6.07) is 3.15. The Morgan fingerprint density at radius 2 is 1.93 bits per heavy atom. The standard InChI is InChI=1S/C22H23F2N3O3/c1-22(2)20-6-13(3-4-27(20)21(29)30-22)5-18(28)10-17-11-26-19(12-25-17)14-7-15(23)9-16(24)8-14/h7-9,11-13,20H,3-6,10H2,1-2H3. The van der Waals surface area contributed by atoms with Gasteiger partial charge in [-0.05, 0) is 44.7 Å². The second kappa shape index (κ2) is 7.74. The number of amides is 1. The molecular formula is C22H23F2N3O3. The third kappa shape index (κ3) is 4.17. The number of carbonyl (C=O) groups excluding carboxylic acids is 2. The van der Waals surface area contributed by atoms with Gasteiger partial charge in [0.15, 0.2) is 0 Å². The molecule has 2 aliphatic rings. The molecule has 2 unspecified atom stereocenters. The number of piperidine rings is 1. The number of rotatable bonds is 5. The number of cyclic esters (lactones) is 1. The molecule has 1 aromatic heterocycles. The summed E-state index contributed by atoms with van der Waals surface area (Å²) in [7, 11) is 0. The van der Waals surface area contributed by atoms with E-state index >= 15 is 0 Å². The summed E-state index contributed by atoms with van der Waals surface area (Å²) in [6.45, 7) is 4.41. The van der Waals surface area contributed by atoms with Crippen LogP contribution in [0.25, 0.3) is 11.3 Å². The molecule has 0 spiro atoms. The minimum atomic E-state index is -0.686. The number of fused-ring (bicyclic) bond motifs is 1. The minimum absolute atomic E-state index is 0.0118. The molecule has 0 saturated carbocycles. The quantitative estimate of drug-likeness (QED) is 0.740. The summed E-state index contributed by atoms with van der Waals surface area (Å²) in [4.78, 5) is 34.7. The van der Waals surface area contributed by atoms with E-state index in [9.17, 15) is 18.4 Å². The van der Waals surface area contributed by atoms with E-state index in [1.165, 1.54) is 24.5 Å². The number of halogens is 2. The van der Waals surface area contributed by atoms with Gasteiger partial charge in [0.1, 0.15) is 23.0 Å². The molecule has 0 N–H and O–H groups in total. The fourth-order valence-corrected chi connectivity index (χ4v) is 4.35. The first-order valence-electron chi connectivity index (χ1n) is 10.00.